The fraction of sp³-hybridized carbons (Fsp3) is 0.714. The summed E-state index contributed by atoms with van der Waals surface area (Å²) in [6.45, 7) is 5.96. The van der Waals surface area contributed by atoms with Crippen molar-refractivity contribution in [2.24, 2.45) is 5.92 Å². The van der Waals surface area contributed by atoms with E-state index >= 15 is 0 Å². The summed E-state index contributed by atoms with van der Waals surface area (Å²) in [5.74, 6) is 0.889. The summed E-state index contributed by atoms with van der Waals surface area (Å²) in [6, 6.07) is 5.10. The van der Waals surface area contributed by atoms with Gasteiger partial charge in [0.2, 0.25) is 0 Å². The van der Waals surface area contributed by atoms with Gasteiger partial charge in [0.1, 0.15) is 0 Å². The number of likely N-dealkylation sites (N-methyl/N-ethyl adjacent to an activating group) is 1. The van der Waals surface area contributed by atoms with Crippen LogP contribution in [0, 0.1) is 5.92 Å². The van der Waals surface area contributed by atoms with Gasteiger partial charge in [0, 0.05) is 24.0 Å². The lowest BCUT2D eigenvalue weighted by molar-refractivity contribution is 0.222. The maximum atomic E-state index is 3.52. The second kappa shape index (κ2) is 6.53. The number of nitrogens with zero attached hydrogens (tertiary/aromatic N) is 1. The molecule has 1 fully saturated rings. The van der Waals surface area contributed by atoms with Gasteiger partial charge in [-0.05, 0) is 57.1 Å². The van der Waals surface area contributed by atoms with Crippen molar-refractivity contribution in [2.75, 3.05) is 26.7 Å². The lowest BCUT2D eigenvalue weighted by Crippen LogP contribution is -2.40. The minimum absolute atomic E-state index is 0.708. The van der Waals surface area contributed by atoms with Crippen molar-refractivity contribution in [3.8, 4) is 0 Å². The van der Waals surface area contributed by atoms with Crippen LogP contribution in [0.3, 0.4) is 0 Å². The smallest absolute Gasteiger partial charge is 0.00579 e. The molecule has 0 bridgehead atoms. The van der Waals surface area contributed by atoms with Crippen LogP contribution in [0.1, 0.15) is 24.6 Å². The molecule has 0 amide bonds. The molecule has 2 atom stereocenters. The molecule has 17 heavy (non-hydrogen) atoms. The van der Waals surface area contributed by atoms with Crippen LogP contribution in [0.25, 0.3) is 0 Å². The van der Waals surface area contributed by atoms with Crippen LogP contribution in [0.2, 0.25) is 0 Å². The molecule has 1 aliphatic rings. The van der Waals surface area contributed by atoms with Crippen LogP contribution in [0.5, 0.6) is 0 Å². The normalized spacial score (nSPS) is 25.4. The van der Waals surface area contributed by atoms with Crippen molar-refractivity contribution in [1.82, 2.24) is 10.2 Å². The number of nitrogens with one attached hydrogen (secondary N) is 1. The SMILES string of the molecule is CC1CC(CN(C)CCc2cccs2)CCN1. The van der Waals surface area contributed by atoms with Gasteiger partial charge in [0.05, 0.1) is 0 Å². The number of hydrogen-bond acceptors (Lipinski definition) is 3. The van der Waals surface area contributed by atoms with Gasteiger partial charge in [-0.3, -0.25) is 0 Å². The van der Waals surface area contributed by atoms with Gasteiger partial charge in [0.25, 0.3) is 0 Å². The van der Waals surface area contributed by atoms with Gasteiger partial charge in [0.15, 0.2) is 0 Å². The molecule has 1 aliphatic heterocycles. The maximum absolute atomic E-state index is 3.52. The minimum Gasteiger partial charge on any atom is -0.314 e. The van der Waals surface area contributed by atoms with Crippen LogP contribution >= 0.6 is 11.3 Å². The topological polar surface area (TPSA) is 15.3 Å². The molecule has 0 saturated carbocycles. The lowest BCUT2D eigenvalue weighted by Gasteiger charge is -2.31. The van der Waals surface area contributed by atoms with Crippen LogP contribution < -0.4 is 5.32 Å². The monoisotopic (exact) mass is 252 g/mol. The van der Waals surface area contributed by atoms with Gasteiger partial charge in [-0.25, -0.2) is 0 Å². The molecule has 0 aliphatic carbocycles. The summed E-state index contributed by atoms with van der Waals surface area (Å²) >= 11 is 1.87. The van der Waals surface area contributed by atoms with E-state index in [4.69, 9.17) is 0 Å². The molecule has 96 valence electrons. The third kappa shape index (κ3) is 4.41. The van der Waals surface area contributed by atoms with E-state index in [2.05, 4.69) is 41.7 Å². The fourth-order valence-electron chi connectivity index (χ4n) is 2.69. The van der Waals surface area contributed by atoms with Gasteiger partial charge in [-0.2, -0.15) is 0 Å². The second-order valence-electron chi connectivity index (χ2n) is 5.34. The number of rotatable bonds is 5. The zero-order chi connectivity index (χ0) is 12.1. The Labute approximate surface area is 109 Å². The number of thiophene rings is 1. The lowest BCUT2D eigenvalue weighted by atomic mass is 9.93. The minimum atomic E-state index is 0.708. The molecule has 0 radical (unpaired) electrons. The standard InChI is InChI=1S/C14H24N2S/c1-12-10-13(5-7-15-12)11-16(2)8-6-14-4-3-9-17-14/h3-4,9,12-13,15H,5-8,10-11H2,1-2H3. The first kappa shape index (κ1) is 13.1. The largest absolute Gasteiger partial charge is 0.314 e. The summed E-state index contributed by atoms with van der Waals surface area (Å²) in [4.78, 5) is 4.01. The van der Waals surface area contributed by atoms with E-state index in [1.807, 2.05) is 11.3 Å². The highest BCUT2D eigenvalue weighted by Crippen LogP contribution is 2.17. The first-order chi connectivity index (χ1) is 8.24. The van der Waals surface area contributed by atoms with E-state index < -0.39 is 0 Å². The number of hydrogen-bond donors (Lipinski definition) is 1. The molecule has 2 heterocycles. The Morgan fingerprint density at radius 2 is 2.41 bits per heavy atom. The van der Waals surface area contributed by atoms with E-state index in [1.165, 1.54) is 43.8 Å². The Morgan fingerprint density at radius 1 is 1.53 bits per heavy atom. The van der Waals surface area contributed by atoms with Crippen molar-refractivity contribution < 1.29 is 0 Å². The Bertz CT molecular complexity index is 310. The molecule has 1 saturated heterocycles. The van der Waals surface area contributed by atoms with Gasteiger partial charge in [-0.1, -0.05) is 6.07 Å². The summed E-state index contributed by atoms with van der Waals surface area (Å²) in [5, 5.41) is 5.69. The van der Waals surface area contributed by atoms with Gasteiger partial charge < -0.3 is 10.2 Å². The number of piperidine rings is 1. The van der Waals surface area contributed by atoms with Crippen LogP contribution in [-0.4, -0.2) is 37.6 Å². The van der Waals surface area contributed by atoms with Crippen molar-refractivity contribution in [3.63, 3.8) is 0 Å². The second-order valence-corrected chi connectivity index (χ2v) is 6.37. The average Bonchev–Trinajstić information content (AvgIpc) is 2.79. The summed E-state index contributed by atoms with van der Waals surface area (Å²) in [6.07, 6.45) is 3.88. The molecular formula is C14H24N2S. The highest BCUT2D eigenvalue weighted by molar-refractivity contribution is 7.09. The van der Waals surface area contributed by atoms with Crippen LogP contribution in [0.15, 0.2) is 17.5 Å². The Morgan fingerprint density at radius 3 is 3.12 bits per heavy atom. The molecule has 1 aromatic rings. The van der Waals surface area contributed by atoms with Gasteiger partial charge >= 0.3 is 0 Å². The van der Waals surface area contributed by atoms with Gasteiger partial charge in [-0.15, -0.1) is 11.3 Å². The predicted octanol–water partition coefficient (Wildman–Crippen LogP) is 2.61. The molecule has 2 rings (SSSR count). The zero-order valence-corrected chi connectivity index (χ0v) is 11.8. The summed E-state index contributed by atoms with van der Waals surface area (Å²) in [5.41, 5.74) is 0. The van der Waals surface area contributed by atoms with E-state index in [0.717, 1.165) is 5.92 Å². The Kier molecular flexibility index (Phi) is 5.01. The predicted molar refractivity (Wildman–Crippen MR) is 75.7 cm³/mol. The van der Waals surface area contributed by atoms with Crippen LogP contribution in [0.4, 0.5) is 0 Å². The molecule has 1 aromatic heterocycles. The van der Waals surface area contributed by atoms with Crippen molar-refractivity contribution >= 4 is 11.3 Å². The highest BCUT2D eigenvalue weighted by atomic mass is 32.1. The Balaban J connectivity index is 1.67. The maximum Gasteiger partial charge on any atom is 0.00579 e. The molecule has 3 heteroatoms. The first-order valence-electron chi connectivity index (χ1n) is 6.68. The quantitative estimate of drug-likeness (QED) is 0.866. The van der Waals surface area contributed by atoms with Crippen LogP contribution in [-0.2, 0) is 6.42 Å². The van der Waals surface area contributed by atoms with E-state index in [0.29, 0.717) is 6.04 Å². The molecule has 1 N–H and O–H groups in total. The Hall–Kier alpha value is -0.380. The average molecular weight is 252 g/mol. The summed E-state index contributed by atoms with van der Waals surface area (Å²) in [7, 11) is 2.26. The summed E-state index contributed by atoms with van der Waals surface area (Å²) < 4.78 is 0. The zero-order valence-electron chi connectivity index (χ0n) is 11.0. The van der Waals surface area contributed by atoms with E-state index in [9.17, 15) is 0 Å². The van der Waals surface area contributed by atoms with Crippen molar-refractivity contribution in [2.45, 2.75) is 32.2 Å². The molecular weight excluding hydrogens is 228 g/mol. The first-order valence-corrected chi connectivity index (χ1v) is 7.56. The molecule has 0 aromatic carbocycles. The third-order valence-corrected chi connectivity index (χ3v) is 4.56. The third-order valence-electron chi connectivity index (χ3n) is 3.62. The molecule has 0 spiro atoms. The van der Waals surface area contributed by atoms with Crippen molar-refractivity contribution in [1.29, 1.82) is 0 Å². The van der Waals surface area contributed by atoms with E-state index in [1.54, 1.807) is 0 Å². The van der Waals surface area contributed by atoms with E-state index in [-0.39, 0.29) is 0 Å². The molecule has 2 nitrogen and oxygen atoms in total. The molecule has 2 unspecified atom stereocenters. The van der Waals surface area contributed by atoms with Crippen molar-refractivity contribution in [3.05, 3.63) is 22.4 Å². The fourth-order valence-corrected chi connectivity index (χ4v) is 3.39. The highest BCUT2D eigenvalue weighted by Gasteiger charge is 2.19.